The molecule has 0 bridgehead atoms. The van der Waals surface area contributed by atoms with Crippen LogP contribution in [0, 0.1) is 5.92 Å². The third-order valence-electron chi connectivity index (χ3n) is 5.98. The number of nitrogens with one attached hydrogen (secondary N) is 1. The Labute approximate surface area is 194 Å². The predicted octanol–water partition coefficient (Wildman–Crippen LogP) is 4.26. The van der Waals surface area contributed by atoms with Crippen LogP contribution in [0.15, 0.2) is 48.5 Å². The molecule has 0 fully saturated rings. The minimum atomic E-state index is -1.05. The van der Waals surface area contributed by atoms with E-state index in [-0.39, 0.29) is 31.5 Å². The number of hydrogen-bond donors (Lipinski definition) is 2. The summed E-state index contributed by atoms with van der Waals surface area (Å²) in [5.41, 5.74) is 4.01. The Balaban J connectivity index is 1.51. The van der Waals surface area contributed by atoms with Crippen LogP contribution < -0.4 is 5.32 Å². The molecule has 2 N–H and O–H groups in total. The minimum Gasteiger partial charge on any atom is -0.480 e. The van der Waals surface area contributed by atoms with Gasteiger partial charge in [-0.25, -0.2) is 4.79 Å². The number of nitrogens with zero attached hydrogens (tertiary/aromatic N) is 1. The number of rotatable bonds is 8. The average molecular weight is 453 g/mol. The van der Waals surface area contributed by atoms with Crippen molar-refractivity contribution >= 4 is 18.0 Å². The van der Waals surface area contributed by atoms with Crippen molar-refractivity contribution in [3.05, 3.63) is 59.7 Å². The van der Waals surface area contributed by atoms with Gasteiger partial charge in [0.15, 0.2) is 0 Å². The lowest BCUT2D eigenvalue weighted by Crippen LogP contribution is -2.50. The third kappa shape index (κ3) is 5.72. The van der Waals surface area contributed by atoms with E-state index in [4.69, 9.17) is 9.84 Å². The highest BCUT2D eigenvalue weighted by Crippen LogP contribution is 2.44. The number of carbonyl (C=O) groups is 3. The standard InChI is InChI=1S/C26H32N2O5/c1-17(24(31)28(15-23(29)30)26(2,3)4)13-14-27-25(32)33-16-22-20-11-7-5-9-18(20)19-10-6-8-12-21(19)22/h5-12,17,22H,13-16H2,1-4H3,(H,27,32)(H,29,30). The van der Waals surface area contributed by atoms with E-state index in [1.807, 2.05) is 24.3 Å². The van der Waals surface area contributed by atoms with Crippen LogP contribution in [0.1, 0.15) is 51.2 Å². The summed E-state index contributed by atoms with van der Waals surface area (Å²) in [6.45, 7) is 7.27. The molecule has 1 atom stereocenters. The van der Waals surface area contributed by atoms with E-state index in [0.29, 0.717) is 6.42 Å². The molecule has 2 aromatic rings. The summed E-state index contributed by atoms with van der Waals surface area (Å²) in [5.74, 6) is -1.75. The summed E-state index contributed by atoms with van der Waals surface area (Å²) >= 11 is 0. The zero-order chi connectivity index (χ0) is 24.2. The zero-order valence-electron chi connectivity index (χ0n) is 19.6. The van der Waals surface area contributed by atoms with Crippen LogP contribution in [-0.4, -0.2) is 53.2 Å². The third-order valence-corrected chi connectivity index (χ3v) is 5.98. The van der Waals surface area contributed by atoms with E-state index in [1.54, 1.807) is 27.7 Å². The van der Waals surface area contributed by atoms with Gasteiger partial charge in [-0.1, -0.05) is 55.5 Å². The molecule has 3 rings (SSSR count). The summed E-state index contributed by atoms with van der Waals surface area (Å²) in [4.78, 5) is 37.6. The Hall–Kier alpha value is -3.35. The maximum Gasteiger partial charge on any atom is 0.407 e. The molecular formula is C26H32N2O5. The van der Waals surface area contributed by atoms with Crippen molar-refractivity contribution in [3.8, 4) is 11.1 Å². The summed E-state index contributed by atoms with van der Waals surface area (Å²) in [6, 6.07) is 16.3. The largest absolute Gasteiger partial charge is 0.480 e. The molecule has 0 saturated carbocycles. The maximum atomic E-state index is 12.8. The molecule has 0 saturated heterocycles. The number of ether oxygens (including phenoxy) is 1. The molecule has 1 unspecified atom stereocenters. The van der Waals surface area contributed by atoms with E-state index in [2.05, 4.69) is 29.6 Å². The van der Waals surface area contributed by atoms with Crippen molar-refractivity contribution in [2.45, 2.75) is 45.6 Å². The molecule has 0 aromatic heterocycles. The summed E-state index contributed by atoms with van der Waals surface area (Å²) in [6.07, 6.45) is -0.149. The van der Waals surface area contributed by atoms with E-state index in [1.165, 1.54) is 16.0 Å². The first kappa shape index (κ1) is 24.3. The first-order valence-electron chi connectivity index (χ1n) is 11.2. The Bertz CT molecular complexity index is 982. The molecule has 0 spiro atoms. The van der Waals surface area contributed by atoms with Crippen molar-refractivity contribution in [1.29, 1.82) is 0 Å². The van der Waals surface area contributed by atoms with Gasteiger partial charge in [-0.3, -0.25) is 9.59 Å². The van der Waals surface area contributed by atoms with Crippen LogP contribution in [0.2, 0.25) is 0 Å². The smallest absolute Gasteiger partial charge is 0.407 e. The van der Waals surface area contributed by atoms with Crippen molar-refractivity contribution in [2.75, 3.05) is 19.7 Å². The van der Waals surface area contributed by atoms with Crippen molar-refractivity contribution in [2.24, 2.45) is 5.92 Å². The van der Waals surface area contributed by atoms with Gasteiger partial charge in [0.05, 0.1) is 0 Å². The Morgan fingerprint density at radius 2 is 1.58 bits per heavy atom. The number of fused-ring (bicyclic) bond motifs is 3. The first-order chi connectivity index (χ1) is 15.6. The molecule has 1 aliphatic carbocycles. The van der Waals surface area contributed by atoms with Crippen LogP contribution >= 0.6 is 0 Å². The van der Waals surface area contributed by atoms with Gasteiger partial charge >= 0.3 is 12.1 Å². The monoisotopic (exact) mass is 452 g/mol. The lowest BCUT2D eigenvalue weighted by Gasteiger charge is -2.36. The number of carboxylic acid groups (broad SMARTS) is 1. The lowest BCUT2D eigenvalue weighted by molar-refractivity contribution is -0.150. The lowest BCUT2D eigenvalue weighted by atomic mass is 9.98. The van der Waals surface area contributed by atoms with E-state index in [0.717, 1.165) is 11.1 Å². The molecule has 1 aliphatic rings. The van der Waals surface area contributed by atoms with Gasteiger partial charge in [0.2, 0.25) is 5.91 Å². The molecular weight excluding hydrogens is 420 g/mol. The molecule has 0 heterocycles. The quantitative estimate of drug-likeness (QED) is 0.624. The van der Waals surface area contributed by atoms with Gasteiger partial charge in [-0.15, -0.1) is 0 Å². The fourth-order valence-corrected chi connectivity index (χ4v) is 4.21. The number of aliphatic carboxylic acids is 1. The number of amides is 2. The number of hydrogen-bond acceptors (Lipinski definition) is 4. The second-order valence-corrected chi connectivity index (χ2v) is 9.43. The molecule has 7 heteroatoms. The molecule has 176 valence electrons. The Kier molecular flexibility index (Phi) is 7.41. The van der Waals surface area contributed by atoms with Gasteiger partial charge in [-0.05, 0) is 49.4 Å². The molecule has 0 aliphatic heterocycles. The highest BCUT2D eigenvalue weighted by Gasteiger charge is 2.31. The summed E-state index contributed by atoms with van der Waals surface area (Å²) in [5, 5.41) is 11.8. The molecule has 2 amide bonds. The molecule has 7 nitrogen and oxygen atoms in total. The van der Waals surface area contributed by atoms with Gasteiger partial charge < -0.3 is 20.1 Å². The highest BCUT2D eigenvalue weighted by molar-refractivity contribution is 5.83. The number of carbonyl (C=O) groups excluding carboxylic acids is 2. The molecule has 33 heavy (non-hydrogen) atoms. The summed E-state index contributed by atoms with van der Waals surface area (Å²) < 4.78 is 5.51. The first-order valence-corrected chi connectivity index (χ1v) is 11.2. The van der Waals surface area contributed by atoms with Crippen molar-refractivity contribution < 1.29 is 24.2 Å². The van der Waals surface area contributed by atoms with Crippen LogP contribution in [0.25, 0.3) is 11.1 Å². The summed E-state index contributed by atoms with van der Waals surface area (Å²) in [7, 11) is 0. The fraction of sp³-hybridized carbons (Fsp3) is 0.423. The van der Waals surface area contributed by atoms with Crippen molar-refractivity contribution in [3.63, 3.8) is 0 Å². The SMILES string of the molecule is CC(CCNC(=O)OCC1c2ccccc2-c2ccccc21)C(=O)N(CC(=O)O)C(C)(C)C. The number of carboxylic acids is 1. The molecule has 0 radical (unpaired) electrons. The minimum absolute atomic E-state index is 0.0139. The molecule has 2 aromatic carbocycles. The van der Waals surface area contributed by atoms with Crippen LogP contribution in [0.3, 0.4) is 0 Å². The average Bonchev–Trinajstić information content (AvgIpc) is 3.08. The fourth-order valence-electron chi connectivity index (χ4n) is 4.21. The predicted molar refractivity (Wildman–Crippen MR) is 126 cm³/mol. The van der Waals surface area contributed by atoms with Crippen LogP contribution in [0.4, 0.5) is 4.79 Å². The number of benzene rings is 2. The van der Waals surface area contributed by atoms with Gasteiger partial charge in [0.1, 0.15) is 13.2 Å². The topological polar surface area (TPSA) is 95.9 Å². The Morgan fingerprint density at radius 3 is 2.09 bits per heavy atom. The zero-order valence-corrected chi connectivity index (χ0v) is 19.6. The second kappa shape index (κ2) is 10.1. The van der Waals surface area contributed by atoms with Gasteiger partial charge in [0.25, 0.3) is 0 Å². The van der Waals surface area contributed by atoms with E-state index < -0.39 is 23.5 Å². The Morgan fingerprint density at radius 1 is 1.03 bits per heavy atom. The highest BCUT2D eigenvalue weighted by atomic mass is 16.5. The number of alkyl carbamates (subject to hydrolysis) is 1. The van der Waals surface area contributed by atoms with Crippen LogP contribution in [0.5, 0.6) is 0 Å². The van der Waals surface area contributed by atoms with Gasteiger partial charge in [-0.2, -0.15) is 0 Å². The van der Waals surface area contributed by atoms with Crippen LogP contribution in [-0.2, 0) is 14.3 Å². The second-order valence-electron chi connectivity index (χ2n) is 9.43. The van der Waals surface area contributed by atoms with Gasteiger partial charge in [0, 0.05) is 23.9 Å². The normalized spacial score (nSPS) is 13.6. The van der Waals surface area contributed by atoms with Crippen molar-refractivity contribution in [1.82, 2.24) is 10.2 Å². The van der Waals surface area contributed by atoms with E-state index >= 15 is 0 Å². The maximum absolute atomic E-state index is 12.8. The van der Waals surface area contributed by atoms with E-state index in [9.17, 15) is 14.4 Å².